The minimum Gasteiger partial charge on any atom is -0.373 e. The Hall–Kier alpha value is -1.65. The molecule has 21 heavy (non-hydrogen) atoms. The molecule has 2 N–H and O–H groups in total. The van der Waals surface area contributed by atoms with E-state index in [1.54, 1.807) is 0 Å². The van der Waals surface area contributed by atoms with E-state index in [2.05, 4.69) is 28.6 Å². The molecule has 4 nitrogen and oxygen atoms in total. The van der Waals surface area contributed by atoms with Crippen LogP contribution in [0.5, 0.6) is 0 Å². The summed E-state index contributed by atoms with van der Waals surface area (Å²) in [7, 11) is 0. The third-order valence-electron chi connectivity index (χ3n) is 4.23. The first-order valence-corrected chi connectivity index (χ1v) is 7.60. The van der Waals surface area contributed by atoms with Crippen LogP contribution >= 0.6 is 0 Å². The quantitative estimate of drug-likeness (QED) is 0.919. The molecule has 1 fully saturated rings. The van der Waals surface area contributed by atoms with Gasteiger partial charge in [-0.1, -0.05) is 30.3 Å². The van der Waals surface area contributed by atoms with E-state index in [0.717, 1.165) is 38.1 Å². The summed E-state index contributed by atoms with van der Waals surface area (Å²) in [4.78, 5) is 4.29. The summed E-state index contributed by atoms with van der Waals surface area (Å²) >= 11 is 0. The zero-order valence-electron chi connectivity index (χ0n) is 12.5. The first-order valence-electron chi connectivity index (χ1n) is 7.60. The predicted molar refractivity (Wildman–Crippen MR) is 82.9 cm³/mol. The number of hydrogen-bond acceptors (Lipinski definition) is 3. The van der Waals surface area contributed by atoms with Crippen molar-refractivity contribution in [1.29, 1.82) is 0 Å². The van der Waals surface area contributed by atoms with Crippen molar-refractivity contribution in [1.82, 2.24) is 9.55 Å². The fraction of sp³-hybridized carbons (Fsp3) is 0.471. The van der Waals surface area contributed by atoms with Crippen LogP contribution in [0.15, 0.2) is 42.9 Å². The lowest BCUT2D eigenvalue weighted by atomic mass is 10.0. The largest absolute Gasteiger partial charge is 0.373 e. The van der Waals surface area contributed by atoms with Crippen LogP contribution in [0.1, 0.15) is 37.1 Å². The number of nitrogens with zero attached hydrogens (tertiary/aromatic N) is 2. The van der Waals surface area contributed by atoms with E-state index in [-0.39, 0.29) is 11.6 Å². The Labute approximate surface area is 125 Å². The molecule has 1 aliphatic heterocycles. The van der Waals surface area contributed by atoms with Gasteiger partial charge in [-0.25, -0.2) is 4.98 Å². The van der Waals surface area contributed by atoms with Gasteiger partial charge in [0, 0.05) is 12.8 Å². The Kier molecular flexibility index (Phi) is 4.08. The molecular weight excluding hydrogens is 262 g/mol. The molecule has 1 unspecified atom stereocenters. The molecule has 4 heteroatoms. The number of hydrogen-bond donors (Lipinski definition) is 1. The van der Waals surface area contributed by atoms with Crippen LogP contribution in [0.3, 0.4) is 0 Å². The summed E-state index contributed by atoms with van der Waals surface area (Å²) in [5, 5.41) is 0. The van der Waals surface area contributed by atoms with E-state index in [1.165, 1.54) is 5.56 Å². The minimum atomic E-state index is -0.0814. The fourth-order valence-electron chi connectivity index (χ4n) is 3.07. The summed E-state index contributed by atoms with van der Waals surface area (Å²) in [6, 6.07) is 10.3. The van der Waals surface area contributed by atoms with Crippen molar-refractivity contribution in [2.45, 2.75) is 44.4 Å². The highest BCUT2D eigenvalue weighted by molar-refractivity contribution is 5.18. The second-order valence-electron chi connectivity index (χ2n) is 6.14. The Morgan fingerprint density at radius 3 is 2.90 bits per heavy atom. The number of aromatic nitrogens is 2. The molecular formula is C17H23N3O. The topological polar surface area (TPSA) is 53.1 Å². The third-order valence-corrected chi connectivity index (χ3v) is 4.23. The van der Waals surface area contributed by atoms with Crippen molar-refractivity contribution < 1.29 is 4.74 Å². The number of imidazole rings is 1. The lowest BCUT2D eigenvalue weighted by Crippen LogP contribution is -2.31. The van der Waals surface area contributed by atoms with Gasteiger partial charge in [-0.2, -0.15) is 0 Å². The summed E-state index contributed by atoms with van der Waals surface area (Å²) in [6.45, 7) is 3.86. The molecule has 1 aromatic heterocycles. The lowest BCUT2D eigenvalue weighted by molar-refractivity contribution is 0.00549. The molecule has 1 aromatic carbocycles. The highest BCUT2D eigenvalue weighted by Crippen LogP contribution is 2.28. The van der Waals surface area contributed by atoms with Crippen LogP contribution in [0.2, 0.25) is 0 Å². The van der Waals surface area contributed by atoms with Gasteiger partial charge in [-0.15, -0.1) is 0 Å². The Bertz CT molecular complexity index is 573. The van der Waals surface area contributed by atoms with Crippen LogP contribution in [-0.2, 0) is 17.7 Å². The van der Waals surface area contributed by atoms with Crippen LogP contribution in [0.25, 0.3) is 0 Å². The average Bonchev–Trinajstić information content (AvgIpc) is 3.09. The van der Waals surface area contributed by atoms with E-state index < -0.39 is 0 Å². The molecule has 0 amide bonds. The Morgan fingerprint density at radius 2 is 2.19 bits per heavy atom. The normalized spacial score (nSPS) is 23.3. The van der Waals surface area contributed by atoms with Crippen LogP contribution in [0, 0.1) is 0 Å². The molecule has 0 radical (unpaired) electrons. The Morgan fingerprint density at radius 1 is 1.38 bits per heavy atom. The molecule has 0 saturated carbocycles. The molecule has 2 atom stereocenters. The smallest absolute Gasteiger partial charge is 0.0949 e. The summed E-state index contributed by atoms with van der Waals surface area (Å²) in [5.41, 5.74) is 8.64. The van der Waals surface area contributed by atoms with Crippen LogP contribution in [-0.4, -0.2) is 21.8 Å². The van der Waals surface area contributed by atoms with Gasteiger partial charge in [0.25, 0.3) is 0 Å². The minimum absolute atomic E-state index is 0.0418. The standard InChI is InChI=1S/C17H23N3O/c1-17(8-5-9-21-17)12-20-13-19-11-16(20)15(18)10-14-6-3-2-4-7-14/h2-4,6-7,11,13,15H,5,8-10,12,18H2,1H3/t15-,17?/m1/s1. The molecule has 0 spiro atoms. The summed E-state index contributed by atoms with van der Waals surface area (Å²) in [6.07, 6.45) is 6.80. The van der Waals surface area contributed by atoms with E-state index in [4.69, 9.17) is 10.5 Å². The van der Waals surface area contributed by atoms with Crippen molar-refractivity contribution in [3.05, 3.63) is 54.1 Å². The van der Waals surface area contributed by atoms with E-state index in [0.29, 0.717) is 0 Å². The predicted octanol–water partition coefficient (Wildman–Crippen LogP) is 2.69. The third kappa shape index (κ3) is 3.34. The maximum atomic E-state index is 6.39. The number of nitrogens with two attached hydrogens (primary N) is 1. The zero-order valence-corrected chi connectivity index (χ0v) is 12.5. The first-order chi connectivity index (χ1) is 10.2. The van der Waals surface area contributed by atoms with Gasteiger partial charge >= 0.3 is 0 Å². The van der Waals surface area contributed by atoms with Gasteiger partial charge in [-0.3, -0.25) is 0 Å². The van der Waals surface area contributed by atoms with Gasteiger partial charge in [-0.05, 0) is 31.7 Å². The van der Waals surface area contributed by atoms with E-state index >= 15 is 0 Å². The molecule has 0 bridgehead atoms. The number of benzene rings is 1. The van der Waals surface area contributed by atoms with Crippen molar-refractivity contribution in [2.24, 2.45) is 5.73 Å². The van der Waals surface area contributed by atoms with E-state index in [1.807, 2.05) is 30.7 Å². The monoisotopic (exact) mass is 285 g/mol. The van der Waals surface area contributed by atoms with Crippen LogP contribution < -0.4 is 5.73 Å². The second-order valence-corrected chi connectivity index (χ2v) is 6.14. The molecule has 0 aliphatic carbocycles. The van der Waals surface area contributed by atoms with Crippen molar-refractivity contribution in [3.8, 4) is 0 Å². The molecule has 3 rings (SSSR count). The maximum absolute atomic E-state index is 6.39. The summed E-state index contributed by atoms with van der Waals surface area (Å²) < 4.78 is 8.03. The van der Waals surface area contributed by atoms with E-state index in [9.17, 15) is 0 Å². The zero-order chi connectivity index (χ0) is 14.7. The molecule has 2 heterocycles. The van der Waals surface area contributed by atoms with Crippen LogP contribution in [0.4, 0.5) is 0 Å². The van der Waals surface area contributed by atoms with Gasteiger partial charge < -0.3 is 15.0 Å². The van der Waals surface area contributed by atoms with Crippen molar-refractivity contribution >= 4 is 0 Å². The molecule has 112 valence electrons. The highest BCUT2D eigenvalue weighted by Gasteiger charge is 2.31. The lowest BCUT2D eigenvalue weighted by Gasteiger charge is -2.25. The number of rotatable bonds is 5. The van der Waals surface area contributed by atoms with Gasteiger partial charge in [0.05, 0.1) is 30.2 Å². The molecule has 1 saturated heterocycles. The first kappa shape index (κ1) is 14.3. The highest BCUT2D eigenvalue weighted by atomic mass is 16.5. The Balaban J connectivity index is 1.72. The van der Waals surface area contributed by atoms with Gasteiger partial charge in [0.1, 0.15) is 0 Å². The fourth-order valence-corrected chi connectivity index (χ4v) is 3.07. The SMILES string of the molecule is CC1(Cn2cncc2[C@H](N)Cc2ccccc2)CCCO1. The molecule has 2 aromatic rings. The summed E-state index contributed by atoms with van der Waals surface area (Å²) in [5.74, 6) is 0. The van der Waals surface area contributed by atoms with Gasteiger partial charge in [0.15, 0.2) is 0 Å². The van der Waals surface area contributed by atoms with Gasteiger partial charge in [0.2, 0.25) is 0 Å². The van der Waals surface area contributed by atoms with Crippen molar-refractivity contribution in [3.63, 3.8) is 0 Å². The molecule has 1 aliphatic rings. The second kappa shape index (κ2) is 6.00. The maximum Gasteiger partial charge on any atom is 0.0949 e. The van der Waals surface area contributed by atoms with Crippen molar-refractivity contribution in [2.75, 3.05) is 6.61 Å². The number of ether oxygens (including phenoxy) is 1. The average molecular weight is 285 g/mol.